The lowest BCUT2D eigenvalue weighted by atomic mass is 10.1. The molecule has 0 saturated carbocycles. The molecule has 0 spiro atoms. The van der Waals surface area contributed by atoms with E-state index in [0.29, 0.717) is 0 Å². The lowest BCUT2D eigenvalue weighted by Crippen LogP contribution is -2.30. The molecule has 0 aliphatic carbocycles. The third kappa shape index (κ3) is 1.98. The maximum Gasteiger partial charge on any atom is 0.266 e. The van der Waals surface area contributed by atoms with Crippen molar-refractivity contribution >= 4 is 45.0 Å². The molecule has 1 heterocycles. The second-order valence-corrected chi connectivity index (χ2v) is 5.51. The molecule has 0 unspecified atom stereocenters. The molecule has 3 rings (SSSR count). The molecule has 21 heavy (non-hydrogen) atoms. The van der Waals surface area contributed by atoms with Crippen LogP contribution in [-0.4, -0.2) is 11.8 Å². The molecule has 0 N–H and O–H groups in total. The molecule has 0 aromatic heterocycles. The number of carbonyl (C=O) groups excluding carboxylic acids is 2. The topological polar surface area (TPSA) is 37.4 Å². The standard InChI is InChI=1S/C14H5BrClF2NO2/c15-10-11(18)9(17)5-8(16)12(10)19-13(20)6-3-1-2-4-7(6)14(19)21/h1-5H. The molecular weight excluding hydrogens is 368 g/mol. The number of benzene rings is 2. The van der Waals surface area contributed by atoms with Crippen molar-refractivity contribution in [1.82, 2.24) is 0 Å². The zero-order valence-electron chi connectivity index (χ0n) is 10.2. The SMILES string of the molecule is O=C1c2ccccc2C(=O)N1c1c(Cl)cc(F)c(F)c1Br. The Bertz CT molecular complexity index is 775. The van der Waals surface area contributed by atoms with Crippen LogP contribution in [0.5, 0.6) is 0 Å². The second kappa shape index (κ2) is 4.89. The minimum atomic E-state index is -1.22. The molecule has 0 radical (unpaired) electrons. The number of anilines is 1. The molecule has 3 nitrogen and oxygen atoms in total. The maximum absolute atomic E-state index is 13.7. The summed E-state index contributed by atoms with van der Waals surface area (Å²) in [6.45, 7) is 0. The molecule has 2 aromatic carbocycles. The van der Waals surface area contributed by atoms with E-state index >= 15 is 0 Å². The number of rotatable bonds is 1. The molecule has 1 aliphatic heterocycles. The summed E-state index contributed by atoms with van der Waals surface area (Å²) in [7, 11) is 0. The molecule has 1 aliphatic rings. The number of hydrogen-bond donors (Lipinski definition) is 0. The van der Waals surface area contributed by atoms with Gasteiger partial charge in [-0.05, 0) is 34.1 Å². The van der Waals surface area contributed by atoms with Crippen molar-refractivity contribution < 1.29 is 18.4 Å². The first kappa shape index (κ1) is 14.2. The number of imide groups is 1. The molecule has 0 atom stereocenters. The molecule has 7 heteroatoms. The molecule has 0 fully saturated rings. The first-order chi connectivity index (χ1) is 9.93. The second-order valence-electron chi connectivity index (χ2n) is 4.31. The van der Waals surface area contributed by atoms with Crippen LogP contribution in [0, 0.1) is 11.6 Å². The first-order valence-electron chi connectivity index (χ1n) is 5.74. The van der Waals surface area contributed by atoms with Gasteiger partial charge in [-0.25, -0.2) is 13.7 Å². The third-order valence-corrected chi connectivity index (χ3v) is 4.12. The Morgan fingerprint density at radius 2 is 1.57 bits per heavy atom. The molecule has 106 valence electrons. The summed E-state index contributed by atoms with van der Waals surface area (Å²) in [5.74, 6) is -3.66. The minimum absolute atomic E-state index is 0.190. The predicted molar refractivity (Wildman–Crippen MR) is 76.7 cm³/mol. The Morgan fingerprint density at radius 1 is 1.05 bits per heavy atom. The maximum atomic E-state index is 13.7. The van der Waals surface area contributed by atoms with Crippen LogP contribution in [0.25, 0.3) is 0 Å². The first-order valence-corrected chi connectivity index (χ1v) is 6.91. The molecule has 2 amide bonds. The fourth-order valence-corrected chi connectivity index (χ4v) is 3.12. The van der Waals surface area contributed by atoms with E-state index in [0.717, 1.165) is 11.0 Å². The smallest absolute Gasteiger partial charge is 0.266 e. The molecule has 2 aromatic rings. The van der Waals surface area contributed by atoms with Crippen molar-refractivity contribution in [1.29, 1.82) is 0 Å². The number of carbonyl (C=O) groups is 2. The van der Waals surface area contributed by atoms with Gasteiger partial charge >= 0.3 is 0 Å². The van der Waals surface area contributed by atoms with E-state index in [4.69, 9.17) is 11.6 Å². The van der Waals surface area contributed by atoms with Crippen LogP contribution in [0.4, 0.5) is 14.5 Å². The van der Waals surface area contributed by atoms with Crippen molar-refractivity contribution in [2.75, 3.05) is 4.90 Å². The number of amides is 2. The molecule has 0 bridgehead atoms. The van der Waals surface area contributed by atoms with E-state index in [1.54, 1.807) is 12.1 Å². The monoisotopic (exact) mass is 371 g/mol. The van der Waals surface area contributed by atoms with Gasteiger partial charge < -0.3 is 0 Å². The Labute approximate surface area is 131 Å². The highest BCUT2D eigenvalue weighted by Gasteiger charge is 2.39. The predicted octanol–water partition coefficient (Wildman–Crippen LogP) is 4.18. The van der Waals surface area contributed by atoms with E-state index in [9.17, 15) is 18.4 Å². The Kier molecular flexibility index (Phi) is 3.30. The fourth-order valence-electron chi connectivity index (χ4n) is 2.15. The average molecular weight is 373 g/mol. The normalized spacial score (nSPS) is 13.8. The van der Waals surface area contributed by atoms with Crippen molar-refractivity contribution in [3.05, 3.63) is 62.6 Å². The summed E-state index contributed by atoms with van der Waals surface area (Å²) in [5, 5.41) is -0.240. The van der Waals surface area contributed by atoms with Crippen LogP contribution in [0.2, 0.25) is 5.02 Å². The van der Waals surface area contributed by atoms with Crippen LogP contribution in [0.3, 0.4) is 0 Å². The van der Waals surface area contributed by atoms with E-state index in [1.165, 1.54) is 12.1 Å². The Balaban J connectivity index is 2.23. The summed E-state index contributed by atoms with van der Waals surface area (Å²) in [5.41, 5.74) is 0.173. The Morgan fingerprint density at radius 3 is 2.10 bits per heavy atom. The number of nitrogens with zero attached hydrogens (tertiary/aromatic N) is 1. The Hall–Kier alpha value is -1.79. The average Bonchev–Trinajstić information content (AvgIpc) is 2.71. The zero-order valence-corrected chi connectivity index (χ0v) is 12.5. The van der Waals surface area contributed by atoms with Gasteiger partial charge in [0.25, 0.3) is 11.8 Å². The van der Waals surface area contributed by atoms with Crippen molar-refractivity contribution in [3.63, 3.8) is 0 Å². The summed E-state index contributed by atoms with van der Waals surface area (Å²) in [6, 6.07) is 6.90. The van der Waals surface area contributed by atoms with Crippen molar-refractivity contribution in [2.24, 2.45) is 0 Å². The highest BCUT2D eigenvalue weighted by molar-refractivity contribution is 9.10. The van der Waals surface area contributed by atoms with Crippen LogP contribution in [0.15, 0.2) is 34.8 Å². The quantitative estimate of drug-likeness (QED) is 0.428. The number of fused-ring (bicyclic) bond motifs is 1. The summed E-state index contributed by atoms with van der Waals surface area (Å²) in [4.78, 5) is 25.4. The van der Waals surface area contributed by atoms with Crippen LogP contribution >= 0.6 is 27.5 Å². The van der Waals surface area contributed by atoms with Crippen LogP contribution in [0.1, 0.15) is 20.7 Å². The van der Waals surface area contributed by atoms with Crippen molar-refractivity contribution in [3.8, 4) is 0 Å². The van der Waals surface area contributed by atoms with Gasteiger partial charge in [-0.2, -0.15) is 0 Å². The van der Waals surface area contributed by atoms with Crippen LogP contribution < -0.4 is 4.90 Å². The van der Waals surface area contributed by atoms with E-state index < -0.39 is 23.4 Å². The van der Waals surface area contributed by atoms with E-state index in [2.05, 4.69) is 15.9 Å². The third-order valence-electron chi connectivity index (χ3n) is 3.11. The van der Waals surface area contributed by atoms with Gasteiger partial charge in [0.05, 0.1) is 26.3 Å². The zero-order chi connectivity index (χ0) is 15.3. The number of halogens is 4. The number of hydrogen-bond acceptors (Lipinski definition) is 2. The largest absolute Gasteiger partial charge is 0.268 e. The summed E-state index contributed by atoms with van der Waals surface area (Å²) >= 11 is 8.72. The van der Waals surface area contributed by atoms with E-state index in [-0.39, 0.29) is 26.3 Å². The van der Waals surface area contributed by atoms with Crippen LogP contribution in [-0.2, 0) is 0 Å². The minimum Gasteiger partial charge on any atom is -0.268 e. The highest BCUT2D eigenvalue weighted by Crippen LogP contribution is 2.40. The fraction of sp³-hybridized carbons (Fsp3) is 0. The van der Waals surface area contributed by atoms with E-state index in [1.807, 2.05) is 0 Å². The van der Waals surface area contributed by atoms with Crippen molar-refractivity contribution in [2.45, 2.75) is 0 Å². The van der Waals surface area contributed by atoms with Gasteiger partial charge in [-0.3, -0.25) is 9.59 Å². The molecule has 0 saturated heterocycles. The van der Waals surface area contributed by atoms with Gasteiger partial charge in [0.2, 0.25) is 0 Å². The summed E-state index contributed by atoms with van der Waals surface area (Å²) in [6.07, 6.45) is 0. The van der Waals surface area contributed by atoms with Gasteiger partial charge in [0, 0.05) is 0 Å². The lowest BCUT2D eigenvalue weighted by molar-refractivity contribution is 0.0926. The van der Waals surface area contributed by atoms with Gasteiger partial charge in [-0.1, -0.05) is 23.7 Å². The van der Waals surface area contributed by atoms with Gasteiger partial charge in [-0.15, -0.1) is 0 Å². The van der Waals surface area contributed by atoms with Gasteiger partial charge in [0.15, 0.2) is 11.6 Å². The lowest BCUT2D eigenvalue weighted by Gasteiger charge is -2.18. The summed E-state index contributed by atoms with van der Waals surface area (Å²) < 4.78 is 26.6. The molecular formula is C14H5BrClF2NO2. The van der Waals surface area contributed by atoms with Gasteiger partial charge in [0.1, 0.15) is 0 Å². The highest BCUT2D eigenvalue weighted by atomic mass is 79.9.